The Morgan fingerprint density at radius 3 is 1.96 bits per heavy atom. The maximum atomic E-state index is 4.96. The van der Waals surface area contributed by atoms with Gasteiger partial charge in [0.2, 0.25) is 0 Å². The Labute approximate surface area is 138 Å². The van der Waals surface area contributed by atoms with Crippen LogP contribution >= 0.6 is 0 Å². The number of fused-ring (bicyclic) bond motifs is 6. The number of nitrogens with zero attached hydrogens (tertiary/aromatic N) is 3. The maximum absolute atomic E-state index is 4.96. The normalized spacial score (nSPS) is 11.3. The first-order valence-corrected chi connectivity index (χ1v) is 7.89. The van der Waals surface area contributed by atoms with Crippen molar-refractivity contribution in [2.75, 3.05) is 0 Å². The third-order valence-corrected chi connectivity index (χ3v) is 4.35. The number of hydrogen-bond donors (Lipinski definition) is 0. The molecule has 0 atom stereocenters. The van der Waals surface area contributed by atoms with E-state index in [-0.39, 0.29) is 0 Å². The monoisotopic (exact) mass is 307 g/mol. The molecule has 0 radical (unpaired) electrons. The smallest absolute Gasteiger partial charge is 0.0986 e. The lowest BCUT2D eigenvalue weighted by molar-refractivity contribution is 1.36. The van der Waals surface area contributed by atoms with Gasteiger partial charge < -0.3 is 0 Å². The van der Waals surface area contributed by atoms with Gasteiger partial charge in [-0.2, -0.15) is 0 Å². The van der Waals surface area contributed by atoms with Crippen molar-refractivity contribution < 1.29 is 0 Å². The minimum atomic E-state index is 0.901. The second-order valence-corrected chi connectivity index (χ2v) is 5.76. The summed E-state index contributed by atoms with van der Waals surface area (Å²) in [7, 11) is 0. The summed E-state index contributed by atoms with van der Waals surface area (Å²) in [6, 6.07) is 22.5. The van der Waals surface area contributed by atoms with Gasteiger partial charge in [-0.15, -0.1) is 0 Å². The van der Waals surface area contributed by atoms with Crippen LogP contribution in [0.15, 0.2) is 79.1 Å². The molecule has 3 nitrogen and oxygen atoms in total. The molecular formula is C21H13N3. The summed E-state index contributed by atoms with van der Waals surface area (Å²) in [5.41, 5.74) is 4.88. The summed E-state index contributed by atoms with van der Waals surface area (Å²) < 4.78 is 0. The van der Waals surface area contributed by atoms with Crippen LogP contribution in [0.25, 0.3) is 44.0 Å². The van der Waals surface area contributed by atoms with E-state index in [0.29, 0.717) is 0 Å². The number of pyridine rings is 3. The number of rotatable bonds is 1. The Bertz CT molecular complexity index is 1160. The number of aromatic nitrogens is 3. The summed E-state index contributed by atoms with van der Waals surface area (Å²) in [4.78, 5) is 14.1. The van der Waals surface area contributed by atoms with E-state index in [4.69, 9.17) is 4.98 Å². The van der Waals surface area contributed by atoms with E-state index in [0.717, 1.165) is 44.0 Å². The first-order chi connectivity index (χ1) is 11.9. The van der Waals surface area contributed by atoms with Gasteiger partial charge in [0.1, 0.15) is 0 Å². The fraction of sp³-hybridized carbons (Fsp3) is 0. The molecule has 0 bridgehead atoms. The average Bonchev–Trinajstić information content (AvgIpc) is 2.68. The predicted molar refractivity (Wildman–Crippen MR) is 97.8 cm³/mol. The molecule has 5 rings (SSSR count). The van der Waals surface area contributed by atoms with Crippen LogP contribution in [0.5, 0.6) is 0 Å². The molecule has 0 aliphatic heterocycles. The minimum Gasteiger partial charge on any atom is -0.254 e. The van der Waals surface area contributed by atoms with E-state index in [9.17, 15) is 0 Å². The summed E-state index contributed by atoms with van der Waals surface area (Å²) in [5, 5.41) is 3.24. The molecule has 0 saturated heterocycles. The highest BCUT2D eigenvalue weighted by molar-refractivity contribution is 6.21. The standard InChI is InChI=1S/C21H13N3/c1-2-6-14(7-3-1)18-11-10-16-15-8-4-12-22-20(15)21-17(19(16)24-18)9-5-13-23-21/h1-13H. The molecule has 0 aliphatic carbocycles. The van der Waals surface area contributed by atoms with Gasteiger partial charge in [0.15, 0.2) is 0 Å². The first kappa shape index (κ1) is 13.1. The van der Waals surface area contributed by atoms with Crippen molar-refractivity contribution in [1.82, 2.24) is 15.0 Å². The summed E-state index contributed by atoms with van der Waals surface area (Å²) in [6.07, 6.45) is 3.62. The number of benzene rings is 2. The van der Waals surface area contributed by atoms with Crippen LogP contribution in [-0.4, -0.2) is 15.0 Å². The van der Waals surface area contributed by atoms with Gasteiger partial charge in [-0.1, -0.05) is 36.4 Å². The Hall–Kier alpha value is -3.33. The summed E-state index contributed by atoms with van der Waals surface area (Å²) in [6.45, 7) is 0. The average molecular weight is 307 g/mol. The molecule has 0 amide bonds. The van der Waals surface area contributed by atoms with Gasteiger partial charge in [-0.05, 0) is 30.3 Å². The van der Waals surface area contributed by atoms with E-state index in [1.807, 2.05) is 42.7 Å². The molecule has 112 valence electrons. The largest absolute Gasteiger partial charge is 0.254 e. The third-order valence-electron chi connectivity index (χ3n) is 4.35. The second-order valence-electron chi connectivity index (χ2n) is 5.76. The fourth-order valence-corrected chi connectivity index (χ4v) is 3.25. The van der Waals surface area contributed by atoms with Crippen molar-refractivity contribution in [3.8, 4) is 11.3 Å². The molecular weight excluding hydrogens is 294 g/mol. The second kappa shape index (κ2) is 5.10. The summed E-state index contributed by atoms with van der Waals surface area (Å²) >= 11 is 0. The fourth-order valence-electron chi connectivity index (χ4n) is 3.25. The molecule has 0 unspecified atom stereocenters. The van der Waals surface area contributed by atoms with Crippen LogP contribution in [0, 0.1) is 0 Å². The molecule has 0 aliphatic rings. The Morgan fingerprint density at radius 2 is 1.17 bits per heavy atom. The van der Waals surface area contributed by atoms with E-state index in [2.05, 4.69) is 46.4 Å². The number of hydrogen-bond acceptors (Lipinski definition) is 3. The molecule has 2 aromatic carbocycles. The van der Waals surface area contributed by atoms with Crippen molar-refractivity contribution in [1.29, 1.82) is 0 Å². The molecule has 24 heavy (non-hydrogen) atoms. The van der Waals surface area contributed by atoms with E-state index in [1.165, 1.54) is 0 Å². The van der Waals surface area contributed by atoms with Crippen molar-refractivity contribution in [3.05, 3.63) is 79.1 Å². The highest BCUT2D eigenvalue weighted by Crippen LogP contribution is 2.33. The lowest BCUT2D eigenvalue weighted by Crippen LogP contribution is -1.91. The van der Waals surface area contributed by atoms with Gasteiger partial charge in [0, 0.05) is 34.1 Å². The molecule has 0 spiro atoms. The van der Waals surface area contributed by atoms with E-state index in [1.54, 1.807) is 0 Å². The van der Waals surface area contributed by atoms with Crippen LogP contribution in [0.1, 0.15) is 0 Å². The molecule has 5 aromatic rings. The van der Waals surface area contributed by atoms with Gasteiger partial charge >= 0.3 is 0 Å². The molecule has 3 heterocycles. The predicted octanol–water partition coefficient (Wildman–Crippen LogP) is 5.00. The lowest BCUT2D eigenvalue weighted by atomic mass is 10.0. The zero-order chi connectivity index (χ0) is 15.9. The van der Waals surface area contributed by atoms with Crippen LogP contribution < -0.4 is 0 Å². The SMILES string of the molecule is c1ccc(-c2ccc3c4cccnc4c4ncccc4c3n2)cc1. The van der Waals surface area contributed by atoms with Gasteiger partial charge in [0.25, 0.3) is 0 Å². The van der Waals surface area contributed by atoms with Crippen molar-refractivity contribution in [2.24, 2.45) is 0 Å². The molecule has 0 saturated carbocycles. The van der Waals surface area contributed by atoms with Crippen LogP contribution in [0.3, 0.4) is 0 Å². The van der Waals surface area contributed by atoms with Crippen LogP contribution in [-0.2, 0) is 0 Å². The first-order valence-electron chi connectivity index (χ1n) is 7.89. The van der Waals surface area contributed by atoms with Gasteiger partial charge in [-0.3, -0.25) is 9.97 Å². The van der Waals surface area contributed by atoms with E-state index >= 15 is 0 Å². The topological polar surface area (TPSA) is 38.7 Å². The maximum Gasteiger partial charge on any atom is 0.0986 e. The van der Waals surface area contributed by atoms with Crippen LogP contribution in [0.4, 0.5) is 0 Å². The highest BCUT2D eigenvalue weighted by atomic mass is 14.8. The minimum absolute atomic E-state index is 0.901. The molecule has 3 aromatic heterocycles. The van der Waals surface area contributed by atoms with E-state index < -0.39 is 0 Å². The summed E-state index contributed by atoms with van der Waals surface area (Å²) in [5.74, 6) is 0. The van der Waals surface area contributed by atoms with Crippen molar-refractivity contribution >= 4 is 32.7 Å². The Morgan fingerprint density at radius 1 is 0.500 bits per heavy atom. The quantitative estimate of drug-likeness (QED) is 0.409. The van der Waals surface area contributed by atoms with Gasteiger partial charge in [-0.25, -0.2) is 4.98 Å². The highest BCUT2D eigenvalue weighted by Gasteiger charge is 2.12. The molecule has 0 N–H and O–H groups in total. The Kier molecular flexibility index (Phi) is 2.79. The molecule has 3 heteroatoms. The van der Waals surface area contributed by atoms with Crippen LogP contribution in [0.2, 0.25) is 0 Å². The Balaban J connectivity index is 1.96. The van der Waals surface area contributed by atoms with Crippen molar-refractivity contribution in [3.63, 3.8) is 0 Å². The third kappa shape index (κ3) is 1.88. The lowest BCUT2D eigenvalue weighted by Gasteiger charge is -2.09. The zero-order valence-electron chi connectivity index (χ0n) is 12.8. The van der Waals surface area contributed by atoms with Crippen molar-refractivity contribution in [2.45, 2.75) is 0 Å². The molecule has 0 fully saturated rings. The van der Waals surface area contributed by atoms with Gasteiger partial charge in [0.05, 0.1) is 22.2 Å². The zero-order valence-corrected chi connectivity index (χ0v) is 12.8.